The molecule has 0 spiro atoms. The first-order valence-electron chi connectivity index (χ1n) is 9.56. The molecule has 0 atom stereocenters. The minimum absolute atomic E-state index is 0.183. The van der Waals surface area contributed by atoms with Gasteiger partial charge in [-0.25, -0.2) is 4.98 Å². The van der Waals surface area contributed by atoms with Gasteiger partial charge in [0.25, 0.3) is 35.2 Å². The van der Waals surface area contributed by atoms with Gasteiger partial charge in [0.05, 0.1) is 11.0 Å². The largest absolute Gasteiger partial charge is 0.356 e. The van der Waals surface area contributed by atoms with Gasteiger partial charge in [-0.2, -0.15) is 0 Å². The van der Waals surface area contributed by atoms with Crippen LogP contribution in [0.3, 0.4) is 0 Å². The van der Waals surface area contributed by atoms with E-state index in [2.05, 4.69) is 4.98 Å². The molecule has 1 aliphatic rings. The molecule has 2 aromatic carbocycles. The first-order valence-corrected chi connectivity index (χ1v) is 9.94. The number of aliphatic hydroxyl groups is 12. The second kappa shape index (κ2) is 7.35. The van der Waals surface area contributed by atoms with E-state index in [1.54, 1.807) is 0 Å². The zero-order valence-electron chi connectivity index (χ0n) is 17.2. The molecule has 1 aliphatic heterocycles. The van der Waals surface area contributed by atoms with Crippen LogP contribution in [0.1, 0.15) is 11.4 Å². The summed E-state index contributed by atoms with van der Waals surface area (Å²) in [6.45, 7) is 0. The molecular formula is C19H20ClN3O12. The van der Waals surface area contributed by atoms with Crippen molar-refractivity contribution >= 4 is 22.6 Å². The summed E-state index contributed by atoms with van der Waals surface area (Å²) >= 11 is 5.81. The van der Waals surface area contributed by atoms with E-state index in [1.807, 2.05) is 0 Å². The van der Waals surface area contributed by atoms with Crippen LogP contribution >= 0.6 is 11.6 Å². The summed E-state index contributed by atoms with van der Waals surface area (Å²) in [5.74, 6) is -27.5. The fourth-order valence-electron chi connectivity index (χ4n) is 3.90. The van der Waals surface area contributed by atoms with Gasteiger partial charge in [0, 0.05) is 10.6 Å². The third-order valence-corrected chi connectivity index (χ3v) is 6.01. The molecule has 2 heterocycles. The molecule has 190 valence electrons. The van der Waals surface area contributed by atoms with Crippen molar-refractivity contribution in [1.29, 1.82) is 0 Å². The topological polar surface area (TPSA) is 264 Å². The molecule has 0 unspecified atom stereocenters. The summed E-state index contributed by atoms with van der Waals surface area (Å²) in [4.78, 5) is 2.63. The van der Waals surface area contributed by atoms with Crippen LogP contribution in [-0.2, 0) is 11.8 Å². The third kappa shape index (κ3) is 3.18. The maximum absolute atomic E-state index is 11.0. The molecule has 3 aromatic rings. The number of imidazole rings is 1. The molecule has 35 heavy (non-hydrogen) atoms. The van der Waals surface area contributed by atoms with Gasteiger partial charge in [-0.15, -0.1) is 4.90 Å². The lowest BCUT2D eigenvalue weighted by atomic mass is 10.1. The summed E-state index contributed by atoms with van der Waals surface area (Å²) < 4.78 is 0.308. The van der Waals surface area contributed by atoms with Crippen molar-refractivity contribution in [3.8, 4) is 0 Å². The fraction of sp³-hybridized carbons (Fsp3) is 0.316. The Morgan fingerprint density at radius 3 is 1.69 bits per heavy atom. The van der Waals surface area contributed by atoms with Gasteiger partial charge in [0.1, 0.15) is 0 Å². The number of rotatable bonds is 4. The van der Waals surface area contributed by atoms with E-state index in [9.17, 15) is 61.3 Å². The molecule has 16 heteroatoms. The molecule has 0 saturated carbocycles. The number of benzene rings is 2. The zero-order chi connectivity index (χ0) is 26.4. The molecule has 12 N–H and O–H groups in total. The number of hydrogen-bond acceptors (Lipinski definition) is 14. The SMILES string of the molecule is OC(O)(c1nc2ccccc2n1C(O)(O)c1ccc(Cl)cc1)N1C(O)(O)C(O)(O)C(O)(O)C1(O)O. The predicted molar refractivity (Wildman–Crippen MR) is 109 cm³/mol. The van der Waals surface area contributed by atoms with Gasteiger partial charge in [0.2, 0.25) is 0 Å². The second-order valence-electron chi connectivity index (χ2n) is 7.99. The quantitative estimate of drug-likeness (QED) is 0.145. The number of aromatic nitrogens is 2. The smallest absolute Gasteiger partial charge is 0.298 e. The highest BCUT2D eigenvalue weighted by Crippen LogP contribution is 2.52. The van der Waals surface area contributed by atoms with Gasteiger partial charge in [0.15, 0.2) is 5.82 Å². The van der Waals surface area contributed by atoms with Crippen molar-refractivity contribution in [3.63, 3.8) is 0 Å². The Kier molecular flexibility index (Phi) is 5.41. The van der Waals surface area contributed by atoms with E-state index in [0.717, 1.165) is 12.1 Å². The minimum atomic E-state index is -4.65. The molecule has 4 rings (SSSR count). The van der Waals surface area contributed by atoms with Crippen molar-refractivity contribution in [2.24, 2.45) is 0 Å². The van der Waals surface area contributed by atoms with Gasteiger partial charge in [-0.3, -0.25) is 4.57 Å². The Labute approximate surface area is 199 Å². The standard InChI is InChI=1S/C19H20ClN3O12/c20-10-7-5-9(6-8-10)14(24,25)22-12-4-2-1-3-11(12)21-13(22)15(26,27)23-18(32,33)16(28,29)17(30,31)19(23,34)35/h1-8,24-35H. The maximum Gasteiger partial charge on any atom is 0.298 e. The van der Waals surface area contributed by atoms with E-state index < -0.39 is 45.9 Å². The summed E-state index contributed by atoms with van der Waals surface area (Å²) in [5, 5.41) is 124. The van der Waals surface area contributed by atoms with Crippen LogP contribution in [0.15, 0.2) is 48.5 Å². The Hall–Kier alpha value is -2.32. The number of nitrogens with zero attached hydrogens (tertiary/aromatic N) is 3. The number of halogens is 1. The highest BCUT2D eigenvalue weighted by atomic mass is 35.5. The van der Waals surface area contributed by atoms with E-state index in [4.69, 9.17) is 11.6 Å². The van der Waals surface area contributed by atoms with Gasteiger partial charge in [-0.05, 0) is 24.3 Å². The number of hydrogen-bond donors (Lipinski definition) is 12. The van der Waals surface area contributed by atoms with Gasteiger partial charge < -0.3 is 61.3 Å². The van der Waals surface area contributed by atoms with Crippen LogP contribution in [0, 0.1) is 0 Å². The lowest BCUT2D eigenvalue weighted by Gasteiger charge is -2.42. The van der Waals surface area contributed by atoms with E-state index >= 15 is 0 Å². The molecule has 1 aromatic heterocycles. The van der Waals surface area contributed by atoms with Crippen molar-refractivity contribution < 1.29 is 61.3 Å². The summed E-state index contributed by atoms with van der Waals surface area (Å²) in [6.07, 6.45) is 0. The molecule has 0 aliphatic carbocycles. The monoisotopic (exact) mass is 517 g/mol. The van der Waals surface area contributed by atoms with Gasteiger partial charge >= 0.3 is 0 Å². The normalized spacial score (nSPS) is 21.5. The van der Waals surface area contributed by atoms with Crippen LogP contribution in [-0.4, -0.2) is 99.1 Å². The van der Waals surface area contributed by atoms with E-state index in [-0.39, 0.29) is 21.6 Å². The van der Waals surface area contributed by atoms with Crippen LogP contribution in [0.25, 0.3) is 11.0 Å². The number of fused-ring (bicyclic) bond motifs is 1. The Balaban J connectivity index is 2.03. The predicted octanol–water partition coefficient (Wildman–Crippen LogP) is -4.62. The van der Waals surface area contributed by atoms with Crippen LogP contribution in [0.2, 0.25) is 5.02 Å². The molecule has 0 radical (unpaired) electrons. The number of para-hydroxylation sites is 2. The molecular weight excluding hydrogens is 498 g/mol. The lowest BCUT2D eigenvalue weighted by molar-refractivity contribution is -0.484. The minimum Gasteiger partial charge on any atom is -0.356 e. The van der Waals surface area contributed by atoms with Crippen LogP contribution in [0.5, 0.6) is 0 Å². The Morgan fingerprint density at radius 1 is 0.686 bits per heavy atom. The second-order valence-corrected chi connectivity index (χ2v) is 8.42. The summed E-state index contributed by atoms with van der Waals surface area (Å²) in [6, 6.07) is 9.97. The van der Waals surface area contributed by atoms with Crippen molar-refractivity contribution in [3.05, 3.63) is 64.9 Å². The van der Waals surface area contributed by atoms with Crippen LogP contribution in [0.4, 0.5) is 0 Å². The third-order valence-electron chi connectivity index (χ3n) is 5.76. The zero-order valence-corrected chi connectivity index (χ0v) is 18.0. The average Bonchev–Trinajstić information content (AvgIpc) is 3.17. The molecule has 1 saturated heterocycles. The van der Waals surface area contributed by atoms with E-state index in [1.165, 1.54) is 36.4 Å². The fourth-order valence-corrected chi connectivity index (χ4v) is 4.03. The molecule has 0 bridgehead atoms. The summed E-state index contributed by atoms with van der Waals surface area (Å²) in [7, 11) is 0. The van der Waals surface area contributed by atoms with Gasteiger partial charge in [-0.1, -0.05) is 35.9 Å². The highest BCUT2D eigenvalue weighted by Gasteiger charge is 2.87. The highest BCUT2D eigenvalue weighted by molar-refractivity contribution is 6.30. The molecule has 0 amide bonds. The Bertz CT molecular complexity index is 1260. The number of likely N-dealkylation sites (tertiary alicyclic amines) is 1. The first kappa shape index (κ1) is 25.8. The first-order chi connectivity index (χ1) is 15.8. The average molecular weight is 518 g/mol. The lowest BCUT2D eigenvalue weighted by Crippen LogP contribution is -2.68. The van der Waals surface area contributed by atoms with Crippen LogP contribution < -0.4 is 0 Å². The molecule has 1 fully saturated rings. The van der Waals surface area contributed by atoms with E-state index in [0.29, 0.717) is 4.57 Å². The maximum atomic E-state index is 11.0. The summed E-state index contributed by atoms with van der Waals surface area (Å²) in [5.41, 5.74) is -0.771. The Morgan fingerprint density at radius 2 is 1.17 bits per heavy atom. The molecule has 15 nitrogen and oxygen atoms in total. The van der Waals surface area contributed by atoms with Crippen molar-refractivity contribution in [2.45, 2.75) is 35.2 Å². The van der Waals surface area contributed by atoms with Crippen molar-refractivity contribution in [2.75, 3.05) is 0 Å². The van der Waals surface area contributed by atoms with Crippen molar-refractivity contribution in [1.82, 2.24) is 14.5 Å².